The van der Waals surface area contributed by atoms with Crippen LogP contribution in [0.4, 0.5) is 14.9 Å². The van der Waals surface area contributed by atoms with Crippen molar-refractivity contribution in [2.45, 2.75) is 95.0 Å². The zero-order valence-electron chi connectivity index (χ0n) is 25.0. The van der Waals surface area contributed by atoms with Gasteiger partial charge in [-0.1, -0.05) is 25.7 Å². The van der Waals surface area contributed by atoms with E-state index in [1.54, 1.807) is 20.8 Å². The Balaban J connectivity index is 1.38. The van der Waals surface area contributed by atoms with Crippen LogP contribution in [0.5, 0.6) is 5.75 Å². The van der Waals surface area contributed by atoms with Gasteiger partial charge in [-0.3, -0.25) is 19.2 Å². The van der Waals surface area contributed by atoms with Crippen LogP contribution < -0.4 is 21.1 Å². The van der Waals surface area contributed by atoms with Gasteiger partial charge in [0.1, 0.15) is 35.3 Å². The van der Waals surface area contributed by atoms with Crippen molar-refractivity contribution in [3.63, 3.8) is 0 Å². The largest absolute Gasteiger partial charge is 0.473 e. The maximum absolute atomic E-state index is 14.2. The molecule has 0 unspecified atom stereocenters. The van der Waals surface area contributed by atoms with Crippen molar-refractivity contribution in [1.29, 1.82) is 0 Å². The van der Waals surface area contributed by atoms with Crippen LogP contribution in [0.3, 0.4) is 0 Å². The molecule has 2 heterocycles. The van der Waals surface area contributed by atoms with Gasteiger partial charge in [0, 0.05) is 19.5 Å². The number of hydrogen-bond donors (Lipinski definition) is 3. The minimum Gasteiger partial charge on any atom is -0.473 e. The Morgan fingerprint density at radius 2 is 1.84 bits per heavy atom. The van der Waals surface area contributed by atoms with E-state index in [4.69, 9.17) is 15.2 Å². The number of rotatable bonds is 9. The lowest BCUT2D eigenvalue weighted by Crippen LogP contribution is -2.58. The van der Waals surface area contributed by atoms with Crippen LogP contribution >= 0.6 is 0 Å². The van der Waals surface area contributed by atoms with E-state index in [1.165, 1.54) is 29.0 Å². The first kappa shape index (κ1) is 30.6. The number of carbonyl (C=O) groups is 5. The summed E-state index contributed by atoms with van der Waals surface area (Å²) >= 11 is 0. The lowest BCUT2D eigenvalue weighted by Gasteiger charge is -2.36. The number of carbonyl (C=O) groups excluding carboxylic acids is 5. The van der Waals surface area contributed by atoms with E-state index < -0.39 is 64.9 Å². The van der Waals surface area contributed by atoms with Crippen LogP contribution in [-0.2, 0) is 23.9 Å². The number of amides is 5. The molecule has 3 fully saturated rings. The number of halogens is 1. The van der Waals surface area contributed by atoms with Gasteiger partial charge in [0.2, 0.25) is 23.3 Å². The van der Waals surface area contributed by atoms with Crippen LogP contribution in [0.25, 0.3) is 0 Å². The molecule has 1 saturated heterocycles. The number of nitrogens with two attached hydrogens (primary N) is 1. The molecule has 5 rings (SSSR count). The summed E-state index contributed by atoms with van der Waals surface area (Å²) in [5.41, 5.74) is 3.49. The molecule has 1 aromatic rings. The van der Waals surface area contributed by atoms with Crippen molar-refractivity contribution >= 4 is 35.4 Å². The molecular weight excluding hydrogens is 561 g/mol. The number of alkyl carbamates (subject to hydrolysis) is 1. The van der Waals surface area contributed by atoms with Crippen molar-refractivity contribution < 1.29 is 37.8 Å². The third-order valence-electron chi connectivity index (χ3n) is 8.45. The van der Waals surface area contributed by atoms with Crippen LogP contribution in [0.15, 0.2) is 18.2 Å². The van der Waals surface area contributed by atoms with Gasteiger partial charge in [0.05, 0.1) is 12.2 Å². The first-order valence-electron chi connectivity index (χ1n) is 14.8. The Morgan fingerprint density at radius 3 is 2.44 bits per heavy atom. The number of primary amides is 1. The van der Waals surface area contributed by atoms with Crippen molar-refractivity contribution in [2.24, 2.45) is 17.6 Å². The zero-order valence-corrected chi connectivity index (χ0v) is 25.0. The standard InChI is InChI=1S/C30H40FN5O7/c1-29(2,3)43-28(41)34-20(11-16-5-6-16)25(38)35(4)21(12-17-7-8-17)26(39)36-15-30(14-22(36)24(32)37)27(40)33-19-13-18(31)9-10-23(19)42-30/h9-10,13,16-17,20-22H,5-8,11-12,14-15H2,1-4H3,(H2,32,37)(H,33,40)(H,34,41)/t20-,21-,22-,30+/m0/s1. The van der Waals surface area contributed by atoms with E-state index in [2.05, 4.69) is 10.6 Å². The van der Waals surface area contributed by atoms with E-state index in [0.717, 1.165) is 31.7 Å². The lowest BCUT2D eigenvalue weighted by atomic mass is 9.96. The number of likely N-dealkylation sites (N-methyl/N-ethyl adjacent to an activating group) is 1. The third-order valence-corrected chi connectivity index (χ3v) is 8.45. The van der Waals surface area contributed by atoms with Crippen molar-refractivity contribution in [3.8, 4) is 5.75 Å². The highest BCUT2D eigenvalue weighted by Gasteiger charge is 2.58. The highest BCUT2D eigenvalue weighted by atomic mass is 19.1. The SMILES string of the molecule is CN(C(=O)[C@H](CC1CC1)NC(=O)OC(C)(C)C)[C@@H](CC1CC1)C(=O)N1C[C@@]2(C[C@H]1C(N)=O)Oc1ccc(F)cc1NC2=O. The Hall–Kier alpha value is -3.90. The number of hydrogen-bond acceptors (Lipinski definition) is 7. The smallest absolute Gasteiger partial charge is 0.408 e. The van der Waals surface area contributed by atoms with Gasteiger partial charge in [0.25, 0.3) is 5.91 Å². The molecule has 1 aromatic carbocycles. The molecule has 13 heteroatoms. The first-order valence-corrected chi connectivity index (χ1v) is 14.8. The molecule has 1 spiro atoms. The maximum Gasteiger partial charge on any atom is 0.408 e. The molecule has 4 N–H and O–H groups in total. The highest BCUT2D eigenvalue weighted by Crippen LogP contribution is 2.42. The zero-order chi connectivity index (χ0) is 31.3. The average molecular weight is 602 g/mol. The summed E-state index contributed by atoms with van der Waals surface area (Å²) in [6.45, 7) is 4.90. The summed E-state index contributed by atoms with van der Waals surface area (Å²) < 4.78 is 25.2. The molecule has 0 radical (unpaired) electrons. The van der Waals surface area contributed by atoms with E-state index in [9.17, 15) is 28.4 Å². The fourth-order valence-electron chi connectivity index (χ4n) is 5.82. The second-order valence-corrected chi connectivity index (χ2v) is 13.3. The van der Waals surface area contributed by atoms with Gasteiger partial charge >= 0.3 is 6.09 Å². The molecule has 12 nitrogen and oxygen atoms in total. The molecule has 2 aliphatic heterocycles. The molecule has 43 heavy (non-hydrogen) atoms. The van der Waals surface area contributed by atoms with Gasteiger partial charge in [-0.2, -0.15) is 0 Å². The Kier molecular flexibility index (Phi) is 8.03. The monoisotopic (exact) mass is 601 g/mol. The molecule has 234 valence electrons. The van der Waals surface area contributed by atoms with Crippen molar-refractivity contribution in [1.82, 2.24) is 15.1 Å². The predicted octanol–water partition coefficient (Wildman–Crippen LogP) is 2.30. The number of fused-ring (bicyclic) bond motifs is 1. The minimum absolute atomic E-state index is 0.146. The molecular formula is C30H40FN5O7. The molecule has 5 amide bonds. The number of nitrogens with one attached hydrogen (secondary N) is 2. The summed E-state index contributed by atoms with van der Waals surface area (Å²) in [6.07, 6.45) is 3.54. The molecule has 4 atom stereocenters. The second-order valence-electron chi connectivity index (χ2n) is 13.3. The fourth-order valence-corrected chi connectivity index (χ4v) is 5.82. The number of anilines is 1. The van der Waals surface area contributed by atoms with E-state index >= 15 is 0 Å². The van der Waals surface area contributed by atoms with Crippen molar-refractivity contribution in [2.75, 3.05) is 18.9 Å². The van der Waals surface area contributed by atoms with Crippen LogP contribution in [0.1, 0.15) is 65.7 Å². The molecule has 2 saturated carbocycles. The normalized spacial score (nSPS) is 24.3. The average Bonchev–Trinajstić information content (AvgIpc) is 3.85. The van der Waals surface area contributed by atoms with Crippen LogP contribution in [0, 0.1) is 17.7 Å². The predicted molar refractivity (Wildman–Crippen MR) is 152 cm³/mol. The van der Waals surface area contributed by atoms with Gasteiger partial charge in [0.15, 0.2) is 0 Å². The van der Waals surface area contributed by atoms with Crippen LogP contribution in [-0.4, -0.2) is 82.4 Å². The number of likely N-dealkylation sites (tertiary alicyclic amines) is 1. The van der Waals surface area contributed by atoms with E-state index in [0.29, 0.717) is 12.8 Å². The van der Waals surface area contributed by atoms with Gasteiger partial charge < -0.3 is 35.6 Å². The minimum atomic E-state index is -1.63. The Morgan fingerprint density at radius 1 is 1.19 bits per heavy atom. The summed E-state index contributed by atoms with van der Waals surface area (Å²) in [6, 6.07) is 0.639. The van der Waals surface area contributed by atoms with E-state index in [-0.39, 0.29) is 36.2 Å². The number of benzene rings is 1. The molecule has 4 aliphatic rings. The van der Waals surface area contributed by atoms with Gasteiger partial charge in [-0.05, 0) is 57.6 Å². The summed E-state index contributed by atoms with van der Waals surface area (Å²) in [7, 11) is 1.52. The number of ether oxygens (including phenoxy) is 2. The molecule has 0 aromatic heterocycles. The summed E-state index contributed by atoms with van der Waals surface area (Å²) in [5, 5.41) is 5.33. The maximum atomic E-state index is 14.2. The summed E-state index contributed by atoms with van der Waals surface area (Å²) in [4.78, 5) is 69.2. The lowest BCUT2D eigenvalue weighted by molar-refractivity contribution is -0.148. The Labute approximate surface area is 249 Å². The number of nitrogens with zero attached hydrogens (tertiary/aromatic N) is 2. The fraction of sp³-hybridized carbons (Fsp3) is 0.633. The highest BCUT2D eigenvalue weighted by molar-refractivity contribution is 6.03. The first-order chi connectivity index (χ1) is 20.2. The second kappa shape index (κ2) is 11.3. The third kappa shape index (κ3) is 6.86. The summed E-state index contributed by atoms with van der Waals surface area (Å²) in [5.74, 6) is -2.28. The molecule has 0 bridgehead atoms. The molecule has 2 aliphatic carbocycles. The van der Waals surface area contributed by atoms with Gasteiger partial charge in [-0.25, -0.2) is 9.18 Å². The quantitative estimate of drug-likeness (QED) is 0.392. The topological polar surface area (TPSA) is 160 Å². The van der Waals surface area contributed by atoms with E-state index in [1.807, 2.05) is 0 Å². The van der Waals surface area contributed by atoms with Gasteiger partial charge in [-0.15, -0.1) is 0 Å². The van der Waals surface area contributed by atoms with Crippen LogP contribution in [0.2, 0.25) is 0 Å². The van der Waals surface area contributed by atoms with Crippen molar-refractivity contribution in [3.05, 3.63) is 24.0 Å². The Bertz CT molecular complexity index is 1320.